The van der Waals surface area contributed by atoms with Crippen LogP contribution in [0.2, 0.25) is 10.0 Å². The highest BCUT2D eigenvalue weighted by Crippen LogP contribution is 2.28. The molecule has 140 valence electrons. The number of anilines is 1. The second kappa shape index (κ2) is 8.75. The Labute approximate surface area is 163 Å². The van der Waals surface area contributed by atoms with Crippen molar-refractivity contribution in [1.29, 1.82) is 0 Å². The average molecular weight is 416 g/mol. The van der Waals surface area contributed by atoms with Crippen LogP contribution in [0, 0.1) is 0 Å². The number of hydrogen-bond acceptors (Lipinski definition) is 4. The molecule has 8 heteroatoms. The smallest absolute Gasteiger partial charge is 0.337 e. The number of hydrogen-bond donors (Lipinski definition) is 1. The monoisotopic (exact) mass is 415 g/mol. The fourth-order valence-electron chi connectivity index (χ4n) is 2.46. The maximum Gasteiger partial charge on any atom is 0.337 e. The van der Waals surface area contributed by atoms with E-state index in [0.717, 1.165) is 0 Å². The minimum Gasteiger partial charge on any atom is -0.465 e. The molecule has 2 aromatic rings. The van der Waals surface area contributed by atoms with E-state index in [-0.39, 0.29) is 6.42 Å². The summed E-state index contributed by atoms with van der Waals surface area (Å²) in [5, 5.41) is 0.0757. The Morgan fingerprint density at radius 3 is 2.38 bits per heavy atom. The van der Waals surface area contributed by atoms with Gasteiger partial charge in [-0.25, -0.2) is 13.2 Å². The molecule has 2 rings (SSSR count). The van der Waals surface area contributed by atoms with Crippen molar-refractivity contribution in [2.45, 2.75) is 25.0 Å². The summed E-state index contributed by atoms with van der Waals surface area (Å²) in [5.41, 5.74) is 1.39. The molecule has 1 unspecified atom stereocenters. The van der Waals surface area contributed by atoms with E-state index in [0.29, 0.717) is 33.3 Å². The summed E-state index contributed by atoms with van der Waals surface area (Å²) in [5.74, 6) is -0.485. The molecule has 26 heavy (non-hydrogen) atoms. The fourth-order valence-corrected chi connectivity index (χ4v) is 4.33. The third-order valence-electron chi connectivity index (χ3n) is 3.94. The molecule has 0 fully saturated rings. The summed E-state index contributed by atoms with van der Waals surface area (Å²) in [6.07, 6.45) is 0.643. The van der Waals surface area contributed by atoms with E-state index in [4.69, 9.17) is 23.2 Å². The van der Waals surface area contributed by atoms with Gasteiger partial charge in [0.15, 0.2) is 0 Å². The largest absolute Gasteiger partial charge is 0.465 e. The van der Waals surface area contributed by atoms with E-state index in [1.54, 1.807) is 25.1 Å². The van der Waals surface area contributed by atoms with E-state index in [9.17, 15) is 13.2 Å². The molecule has 0 saturated carbocycles. The van der Waals surface area contributed by atoms with Gasteiger partial charge in [-0.3, -0.25) is 4.72 Å². The lowest BCUT2D eigenvalue weighted by atomic mass is 10.1. The van der Waals surface area contributed by atoms with Crippen LogP contribution < -0.4 is 4.72 Å². The number of halogens is 2. The molecule has 0 aliphatic heterocycles. The van der Waals surface area contributed by atoms with Crippen LogP contribution in [0.25, 0.3) is 0 Å². The average Bonchev–Trinajstić information content (AvgIpc) is 2.62. The molecular formula is C18H19Cl2NO4S. The highest BCUT2D eigenvalue weighted by molar-refractivity contribution is 7.93. The summed E-state index contributed by atoms with van der Waals surface area (Å²) in [4.78, 5) is 11.4. The summed E-state index contributed by atoms with van der Waals surface area (Å²) < 4.78 is 32.6. The van der Waals surface area contributed by atoms with Crippen LogP contribution >= 0.6 is 23.2 Å². The molecule has 5 nitrogen and oxygen atoms in total. The van der Waals surface area contributed by atoms with Gasteiger partial charge in [0.05, 0.1) is 28.0 Å². The molecule has 1 atom stereocenters. The molecule has 0 aromatic heterocycles. The Morgan fingerprint density at radius 1 is 1.15 bits per heavy atom. The van der Waals surface area contributed by atoms with Crippen molar-refractivity contribution in [3.63, 3.8) is 0 Å². The quantitative estimate of drug-likeness (QED) is 0.673. The number of rotatable bonds is 7. The second-order valence-electron chi connectivity index (χ2n) is 5.66. The third-order valence-corrected chi connectivity index (χ3v) is 6.70. The predicted octanol–water partition coefficient (Wildman–Crippen LogP) is 4.54. The van der Waals surface area contributed by atoms with Gasteiger partial charge in [0.25, 0.3) is 0 Å². The Hall–Kier alpha value is -1.76. The lowest BCUT2D eigenvalue weighted by Gasteiger charge is -2.18. The number of sulfonamides is 1. The highest BCUT2D eigenvalue weighted by atomic mass is 35.5. The van der Waals surface area contributed by atoms with Gasteiger partial charge in [-0.15, -0.1) is 0 Å². The van der Waals surface area contributed by atoms with E-state index in [1.807, 2.05) is 0 Å². The molecule has 0 saturated heterocycles. The van der Waals surface area contributed by atoms with E-state index < -0.39 is 21.2 Å². The lowest BCUT2D eigenvalue weighted by molar-refractivity contribution is 0.0601. The number of benzene rings is 2. The SMILES string of the molecule is CCC(Cc1cccc(Cl)c1Cl)S(=O)(=O)Nc1ccc(C(=O)OC)cc1. The third kappa shape index (κ3) is 4.90. The van der Waals surface area contributed by atoms with Gasteiger partial charge < -0.3 is 4.74 Å². The number of esters is 1. The van der Waals surface area contributed by atoms with Gasteiger partial charge in [-0.2, -0.15) is 0 Å². The van der Waals surface area contributed by atoms with Crippen molar-refractivity contribution in [2.24, 2.45) is 0 Å². The Kier molecular flexibility index (Phi) is 6.92. The maximum atomic E-state index is 12.7. The lowest BCUT2D eigenvalue weighted by Crippen LogP contribution is -2.29. The molecule has 0 radical (unpaired) electrons. The molecule has 0 amide bonds. The summed E-state index contributed by atoms with van der Waals surface area (Å²) in [6.45, 7) is 1.79. The van der Waals surface area contributed by atoms with Crippen molar-refractivity contribution in [1.82, 2.24) is 0 Å². The normalized spacial score (nSPS) is 12.5. The van der Waals surface area contributed by atoms with Crippen LogP contribution in [-0.2, 0) is 21.2 Å². The van der Waals surface area contributed by atoms with Crippen LogP contribution in [-0.4, -0.2) is 26.7 Å². The molecular weight excluding hydrogens is 397 g/mol. The molecule has 2 aromatic carbocycles. The molecule has 1 N–H and O–H groups in total. The molecule has 0 heterocycles. The fraction of sp³-hybridized carbons (Fsp3) is 0.278. The zero-order valence-corrected chi connectivity index (χ0v) is 16.7. The van der Waals surface area contributed by atoms with Crippen molar-refractivity contribution in [3.05, 3.63) is 63.6 Å². The number of methoxy groups -OCH3 is 1. The summed E-state index contributed by atoms with van der Waals surface area (Å²) in [7, 11) is -2.38. The topological polar surface area (TPSA) is 72.5 Å². The van der Waals surface area contributed by atoms with Crippen LogP contribution in [0.15, 0.2) is 42.5 Å². The van der Waals surface area contributed by atoms with Crippen molar-refractivity contribution < 1.29 is 17.9 Å². The van der Waals surface area contributed by atoms with Gasteiger partial charge >= 0.3 is 5.97 Å². The molecule has 0 spiro atoms. The Bertz CT molecular complexity index is 883. The number of carbonyl (C=O) groups excluding carboxylic acids is 1. The van der Waals surface area contributed by atoms with Gasteiger partial charge in [0, 0.05) is 5.69 Å². The first kappa shape index (κ1) is 20.6. The van der Waals surface area contributed by atoms with Crippen molar-refractivity contribution in [2.75, 3.05) is 11.8 Å². The van der Waals surface area contributed by atoms with E-state index >= 15 is 0 Å². The van der Waals surface area contributed by atoms with E-state index in [1.165, 1.54) is 31.4 Å². The number of carbonyl (C=O) groups is 1. The Balaban J connectivity index is 2.18. The van der Waals surface area contributed by atoms with Crippen LogP contribution in [0.4, 0.5) is 5.69 Å². The van der Waals surface area contributed by atoms with Crippen LogP contribution in [0.5, 0.6) is 0 Å². The first-order valence-corrected chi connectivity index (χ1v) is 10.2. The molecule has 0 bridgehead atoms. The molecule has 0 aliphatic carbocycles. The van der Waals surface area contributed by atoms with Gasteiger partial charge in [-0.05, 0) is 48.7 Å². The summed E-state index contributed by atoms with van der Waals surface area (Å²) in [6, 6.07) is 11.2. The number of ether oxygens (including phenoxy) is 1. The minimum atomic E-state index is -3.66. The second-order valence-corrected chi connectivity index (χ2v) is 8.41. The van der Waals surface area contributed by atoms with Gasteiger partial charge in [-0.1, -0.05) is 42.3 Å². The maximum absolute atomic E-state index is 12.7. The predicted molar refractivity (Wildman–Crippen MR) is 105 cm³/mol. The molecule has 0 aliphatic rings. The van der Waals surface area contributed by atoms with Gasteiger partial charge in [0.2, 0.25) is 10.0 Å². The first-order valence-electron chi connectivity index (χ1n) is 7.91. The zero-order chi connectivity index (χ0) is 19.3. The Morgan fingerprint density at radius 2 is 1.81 bits per heavy atom. The van der Waals surface area contributed by atoms with Crippen LogP contribution in [0.1, 0.15) is 29.3 Å². The minimum absolute atomic E-state index is 0.242. The highest BCUT2D eigenvalue weighted by Gasteiger charge is 2.25. The first-order chi connectivity index (χ1) is 12.3. The standard InChI is InChI=1S/C18H19Cl2NO4S/c1-3-15(11-13-5-4-6-16(19)17(13)20)26(23,24)21-14-9-7-12(8-10-14)18(22)25-2/h4-10,15,21H,3,11H2,1-2H3. The summed E-state index contributed by atoms with van der Waals surface area (Å²) >= 11 is 12.2. The van der Waals surface area contributed by atoms with Crippen LogP contribution in [0.3, 0.4) is 0 Å². The van der Waals surface area contributed by atoms with Crippen molar-refractivity contribution >= 4 is 44.9 Å². The van der Waals surface area contributed by atoms with Crippen molar-refractivity contribution in [3.8, 4) is 0 Å². The zero-order valence-electron chi connectivity index (χ0n) is 14.3. The van der Waals surface area contributed by atoms with E-state index in [2.05, 4.69) is 9.46 Å². The van der Waals surface area contributed by atoms with Gasteiger partial charge in [0.1, 0.15) is 0 Å². The number of nitrogens with one attached hydrogen (secondary N) is 1.